The molecule has 0 radical (unpaired) electrons. The lowest BCUT2D eigenvalue weighted by molar-refractivity contribution is -0.137. The quantitative estimate of drug-likeness (QED) is 0.729. The Balaban J connectivity index is 2.04. The summed E-state index contributed by atoms with van der Waals surface area (Å²) >= 11 is 0. The van der Waals surface area contributed by atoms with Crippen molar-refractivity contribution in [3.63, 3.8) is 0 Å². The molecule has 1 aliphatic rings. The van der Waals surface area contributed by atoms with Gasteiger partial charge in [-0.25, -0.2) is 0 Å². The number of rotatable bonds is 6. The third kappa shape index (κ3) is 3.81. The Morgan fingerprint density at radius 3 is 3.00 bits per heavy atom. The molecular formula is C14H22N4O3. The normalized spacial score (nSPS) is 22.0. The molecule has 1 aromatic rings. The number of carbonyl (C=O) groups excluding carboxylic acids is 1. The molecule has 0 spiro atoms. The molecule has 1 atom stereocenters. The van der Waals surface area contributed by atoms with E-state index in [0.29, 0.717) is 12.2 Å². The minimum Gasteiger partial charge on any atom is -0.480 e. The van der Waals surface area contributed by atoms with Crippen molar-refractivity contribution in [3.8, 4) is 0 Å². The Labute approximate surface area is 123 Å². The molecule has 1 unspecified atom stereocenters. The van der Waals surface area contributed by atoms with E-state index in [1.54, 1.807) is 6.20 Å². The molecule has 1 fully saturated rings. The summed E-state index contributed by atoms with van der Waals surface area (Å²) in [6.07, 6.45) is 6.69. The van der Waals surface area contributed by atoms with Crippen LogP contribution in [0, 0.1) is 5.41 Å². The first-order chi connectivity index (χ1) is 10.1. The number of nitrogens with one attached hydrogen (secondary N) is 2. The van der Waals surface area contributed by atoms with Crippen LogP contribution in [0.1, 0.15) is 32.6 Å². The first kappa shape index (κ1) is 15.5. The largest absolute Gasteiger partial charge is 0.480 e. The molecule has 21 heavy (non-hydrogen) atoms. The number of carboxylic acid groups (broad SMARTS) is 1. The van der Waals surface area contributed by atoms with Crippen LogP contribution in [0.25, 0.3) is 0 Å². The third-order valence-electron chi connectivity index (χ3n) is 3.87. The van der Waals surface area contributed by atoms with E-state index in [4.69, 9.17) is 5.11 Å². The number of hydrogen-bond donors (Lipinski definition) is 3. The van der Waals surface area contributed by atoms with Crippen molar-refractivity contribution < 1.29 is 14.7 Å². The molecule has 1 saturated heterocycles. The number of piperidine rings is 1. The smallest absolute Gasteiger partial charge is 0.325 e. The second-order valence-corrected chi connectivity index (χ2v) is 5.59. The van der Waals surface area contributed by atoms with Crippen LogP contribution in [0.2, 0.25) is 0 Å². The molecule has 116 valence electrons. The topological polar surface area (TPSA) is 96.2 Å². The van der Waals surface area contributed by atoms with E-state index < -0.39 is 5.97 Å². The van der Waals surface area contributed by atoms with E-state index >= 15 is 0 Å². The maximum Gasteiger partial charge on any atom is 0.325 e. The SMILES string of the molecule is CCCC1(C(=O)Nc2cnn(CC(=O)O)c2)CCCNC1. The van der Waals surface area contributed by atoms with Crippen LogP contribution in [-0.2, 0) is 16.1 Å². The number of nitrogens with zero attached hydrogens (tertiary/aromatic N) is 2. The van der Waals surface area contributed by atoms with Crippen LogP contribution < -0.4 is 10.6 Å². The van der Waals surface area contributed by atoms with Crippen LogP contribution >= 0.6 is 0 Å². The van der Waals surface area contributed by atoms with E-state index in [2.05, 4.69) is 22.7 Å². The molecule has 1 amide bonds. The van der Waals surface area contributed by atoms with Crippen molar-refractivity contribution in [2.24, 2.45) is 5.41 Å². The predicted octanol–water partition coefficient (Wildman–Crippen LogP) is 1.08. The fourth-order valence-corrected chi connectivity index (χ4v) is 2.88. The minimum atomic E-state index is -0.963. The molecular weight excluding hydrogens is 272 g/mol. The van der Waals surface area contributed by atoms with E-state index in [1.165, 1.54) is 10.9 Å². The number of amides is 1. The summed E-state index contributed by atoms with van der Waals surface area (Å²) in [5.41, 5.74) is 0.171. The van der Waals surface area contributed by atoms with E-state index in [9.17, 15) is 9.59 Å². The van der Waals surface area contributed by atoms with Gasteiger partial charge >= 0.3 is 5.97 Å². The Bertz CT molecular complexity index is 501. The zero-order chi connectivity index (χ0) is 15.3. The van der Waals surface area contributed by atoms with Crippen LogP contribution in [0.5, 0.6) is 0 Å². The summed E-state index contributed by atoms with van der Waals surface area (Å²) in [7, 11) is 0. The number of anilines is 1. The highest BCUT2D eigenvalue weighted by Gasteiger charge is 2.38. The van der Waals surface area contributed by atoms with Crippen LogP contribution in [0.3, 0.4) is 0 Å². The molecule has 7 nitrogen and oxygen atoms in total. The summed E-state index contributed by atoms with van der Waals surface area (Å²) in [4.78, 5) is 23.2. The Hall–Kier alpha value is -1.89. The highest BCUT2D eigenvalue weighted by Crippen LogP contribution is 2.33. The van der Waals surface area contributed by atoms with Crippen molar-refractivity contribution in [2.45, 2.75) is 39.2 Å². The standard InChI is InChI=1S/C14H22N4O3/c1-2-4-14(5-3-6-15-10-14)13(21)17-11-7-16-18(8-11)9-12(19)20/h7-8,15H,2-6,9-10H2,1H3,(H,17,21)(H,19,20). The molecule has 2 heterocycles. The van der Waals surface area contributed by atoms with Gasteiger partial charge in [-0.2, -0.15) is 5.10 Å². The molecule has 0 aliphatic carbocycles. The highest BCUT2D eigenvalue weighted by molar-refractivity contribution is 5.95. The molecule has 1 aliphatic heterocycles. The van der Waals surface area contributed by atoms with Gasteiger partial charge in [-0.15, -0.1) is 0 Å². The first-order valence-electron chi connectivity index (χ1n) is 7.32. The zero-order valence-electron chi connectivity index (χ0n) is 12.3. The van der Waals surface area contributed by atoms with Gasteiger partial charge in [0, 0.05) is 12.7 Å². The summed E-state index contributed by atoms with van der Waals surface area (Å²) in [5, 5.41) is 18.8. The molecule has 0 bridgehead atoms. The monoisotopic (exact) mass is 294 g/mol. The van der Waals surface area contributed by atoms with Gasteiger partial charge in [0.05, 0.1) is 17.3 Å². The molecule has 2 rings (SSSR count). The van der Waals surface area contributed by atoms with Gasteiger partial charge in [0.15, 0.2) is 0 Å². The van der Waals surface area contributed by atoms with Gasteiger partial charge in [-0.05, 0) is 25.8 Å². The minimum absolute atomic E-state index is 0.00794. The van der Waals surface area contributed by atoms with Crippen LogP contribution in [0.15, 0.2) is 12.4 Å². The number of aromatic nitrogens is 2. The van der Waals surface area contributed by atoms with Crippen molar-refractivity contribution in [2.75, 3.05) is 18.4 Å². The average molecular weight is 294 g/mol. The third-order valence-corrected chi connectivity index (χ3v) is 3.87. The molecule has 1 aromatic heterocycles. The van der Waals surface area contributed by atoms with Crippen molar-refractivity contribution in [1.29, 1.82) is 0 Å². The van der Waals surface area contributed by atoms with Crippen LogP contribution in [-0.4, -0.2) is 39.9 Å². The molecule has 3 N–H and O–H groups in total. The van der Waals surface area contributed by atoms with Crippen molar-refractivity contribution in [1.82, 2.24) is 15.1 Å². The molecule has 0 aromatic carbocycles. The van der Waals surface area contributed by atoms with Gasteiger partial charge in [0.2, 0.25) is 5.91 Å². The predicted molar refractivity (Wildman–Crippen MR) is 77.9 cm³/mol. The summed E-state index contributed by atoms with van der Waals surface area (Å²) in [6.45, 7) is 3.51. The van der Waals surface area contributed by atoms with Gasteiger partial charge in [-0.3, -0.25) is 14.3 Å². The Kier molecular flexibility index (Phi) is 4.95. The maximum absolute atomic E-state index is 12.6. The number of aliphatic carboxylic acids is 1. The van der Waals surface area contributed by atoms with Gasteiger partial charge < -0.3 is 15.7 Å². The molecule has 7 heteroatoms. The lowest BCUT2D eigenvalue weighted by Gasteiger charge is -2.36. The van der Waals surface area contributed by atoms with Gasteiger partial charge in [-0.1, -0.05) is 13.3 Å². The van der Waals surface area contributed by atoms with Crippen molar-refractivity contribution in [3.05, 3.63) is 12.4 Å². The van der Waals surface area contributed by atoms with Gasteiger partial charge in [0.1, 0.15) is 6.54 Å². The first-order valence-corrected chi connectivity index (χ1v) is 7.32. The second-order valence-electron chi connectivity index (χ2n) is 5.59. The Morgan fingerprint density at radius 2 is 2.38 bits per heavy atom. The lowest BCUT2D eigenvalue weighted by atomic mass is 9.76. The summed E-state index contributed by atoms with van der Waals surface area (Å²) in [5.74, 6) is -0.971. The Morgan fingerprint density at radius 1 is 1.57 bits per heavy atom. The summed E-state index contributed by atoms with van der Waals surface area (Å²) in [6, 6.07) is 0. The van der Waals surface area contributed by atoms with E-state index in [-0.39, 0.29) is 17.9 Å². The summed E-state index contributed by atoms with van der Waals surface area (Å²) < 4.78 is 1.30. The highest BCUT2D eigenvalue weighted by atomic mass is 16.4. The second kappa shape index (κ2) is 6.71. The van der Waals surface area contributed by atoms with E-state index in [1.807, 2.05) is 0 Å². The van der Waals surface area contributed by atoms with Gasteiger partial charge in [0.25, 0.3) is 0 Å². The van der Waals surface area contributed by atoms with Crippen molar-refractivity contribution >= 4 is 17.6 Å². The average Bonchev–Trinajstić information content (AvgIpc) is 2.86. The van der Waals surface area contributed by atoms with E-state index in [0.717, 1.165) is 32.2 Å². The fourth-order valence-electron chi connectivity index (χ4n) is 2.88. The molecule has 0 saturated carbocycles. The zero-order valence-corrected chi connectivity index (χ0v) is 12.3. The number of carbonyl (C=O) groups is 2. The fraction of sp³-hybridized carbons (Fsp3) is 0.643. The lowest BCUT2D eigenvalue weighted by Crippen LogP contribution is -2.48. The van der Waals surface area contributed by atoms with Crippen LogP contribution in [0.4, 0.5) is 5.69 Å². The number of hydrogen-bond acceptors (Lipinski definition) is 4. The maximum atomic E-state index is 12.6. The number of carboxylic acids is 1.